The molecule has 0 bridgehead atoms. The largest absolute Gasteiger partial charge is 0.512 e. The minimum absolute atomic E-state index is 0.0232. The van der Waals surface area contributed by atoms with E-state index in [1.54, 1.807) is 14.0 Å². The summed E-state index contributed by atoms with van der Waals surface area (Å²) in [5.41, 5.74) is 0.674. The molecule has 0 radical (unpaired) electrons. The first-order valence-corrected chi connectivity index (χ1v) is 11.7. The summed E-state index contributed by atoms with van der Waals surface area (Å²) in [4.78, 5) is 31.8. The fourth-order valence-corrected chi connectivity index (χ4v) is 5.38. The molecular weight excluding hydrogens is 444 g/mol. The highest BCUT2D eigenvalue weighted by molar-refractivity contribution is 6.32. The Bertz CT molecular complexity index is 1140. The number of benzene rings is 1. The van der Waals surface area contributed by atoms with Gasteiger partial charge in [0.2, 0.25) is 0 Å². The minimum atomic E-state index is -0.763. The lowest BCUT2D eigenvalue weighted by Gasteiger charge is -2.42. The molecule has 0 saturated heterocycles. The van der Waals surface area contributed by atoms with Gasteiger partial charge in [-0.25, -0.2) is 9.78 Å². The molecule has 1 atom stereocenters. The van der Waals surface area contributed by atoms with Gasteiger partial charge in [-0.05, 0) is 56.2 Å². The maximum atomic E-state index is 13.1. The van der Waals surface area contributed by atoms with Crippen LogP contribution in [0, 0.1) is 12.8 Å². The molecule has 1 aliphatic carbocycles. The SMILES string of the molecule is COc1ccc(CCC2(C3CCCC3)CC(O)=C(Cc3nc(C)cc(=O)[nH]3)C(=O)O2)cc1Cl. The second-order valence-corrected chi connectivity index (χ2v) is 9.42. The Morgan fingerprint density at radius 3 is 2.67 bits per heavy atom. The van der Waals surface area contributed by atoms with E-state index in [-0.39, 0.29) is 35.7 Å². The van der Waals surface area contributed by atoms with Crippen LogP contribution in [0.15, 0.2) is 40.4 Å². The molecule has 1 saturated carbocycles. The molecule has 2 aliphatic rings. The number of aromatic amines is 1. The second kappa shape index (κ2) is 9.59. The van der Waals surface area contributed by atoms with Gasteiger partial charge in [-0.3, -0.25) is 4.79 Å². The van der Waals surface area contributed by atoms with Gasteiger partial charge >= 0.3 is 5.97 Å². The topological polar surface area (TPSA) is 102 Å². The number of hydrogen-bond donors (Lipinski definition) is 2. The van der Waals surface area contributed by atoms with Crippen LogP contribution in [0.1, 0.15) is 55.6 Å². The number of rotatable bonds is 7. The number of aromatic nitrogens is 2. The van der Waals surface area contributed by atoms with E-state index in [0.29, 0.717) is 35.1 Å². The summed E-state index contributed by atoms with van der Waals surface area (Å²) in [6.07, 6.45) is 5.63. The normalized spacial score (nSPS) is 21.4. The highest BCUT2D eigenvalue weighted by atomic mass is 35.5. The maximum Gasteiger partial charge on any atom is 0.338 e. The second-order valence-electron chi connectivity index (χ2n) is 9.02. The summed E-state index contributed by atoms with van der Waals surface area (Å²) in [6.45, 7) is 1.71. The molecule has 1 aliphatic heterocycles. The zero-order valence-corrected chi connectivity index (χ0v) is 19.7. The first-order chi connectivity index (χ1) is 15.8. The van der Waals surface area contributed by atoms with Crippen molar-refractivity contribution in [1.82, 2.24) is 9.97 Å². The van der Waals surface area contributed by atoms with Gasteiger partial charge in [0.25, 0.3) is 5.56 Å². The number of aliphatic hydroxyl groups excluding tert-OH is 1. The predicted octanol–water partition coefficient (Wildman–Crippen LogP) is 4.60. The minimum Gasteiger partial charge on any atom is -0.512 e. The highest BCUT2D eigenvalue weighted by Crippen LogP contribution is 2.46. The molecule has 1 aromatic heterocycles. The molecule has 1 unspecified atom stereocenters. The van der Waals surface area contributed by atoms with Crippen molar-refractivity contribution >= 4 is 17.6 Å². The van der Waals surface area contributed by atoms with Crippen LogP contribution in [-0.2, 0) is 22.4 Å². The molecule has 1 aromatic carbocycles. The van der Waals surface area contributed by atoms with Crippen molar-refractivity contribution in [3.8, 4) is 5.75 Å². The number of hydrogen-bond acceptors (Lipinski definition) is 6. The van der Waals surface area contributed by atoms with Crippen molar-refractivity contribution in [1.29, 1.82) is 0 Å². The van der Waals surface area contributed by atoms with E-state index in [4.69, 9.17) is 21.1 Å². The Hall–Kier alpha value is -2.80. The highest BCUT2D eigenvalue weighted by Gasteiger charge is 2.48. The van der Waals surface area contributed by atoms with E-state index < -0.39 is 11.6 Å². The van der Waals surface area contributed by atoms with Crippen LogP contribution < -0.4 is 10.3 Å². The summed E-state index contributed by atoms with van der Waals surface area (Å²) in [5, 5.41) is 11.5. The van der Waals surface area contributed by atoms with Gasteiger partial charge in [-0.15, -0.1) is 0 Å². The van der Waals surface area contributed by atoms with Gasteiger partial charge in [-0.2, -0.15) is 0 Å². The molecule has 0 spiro atoms. The van der Waals surface area contributed by atoms with Crippen molar-refractivity contribution in [2.45, 2.75) is 63.9 Å². The zero-order chi connectivity index (χ0) is 23.6. The molecule has 2 N–H and O–H groups in total. The van der Waals surface area contributed by atoms with Gasteiger partial charge in [0.15, 0.2) is 0 Å². The number of nitrogens with zero attached hydrogens (tertiary/aromatic N) is 1. The number of halogens is 1. The van der Waals surface area contributed by atoms with Crippen LogP contribution in [0.3, 0.4) is 0 Å². The number of ether oxygens (including phenoxy) is 2. The van der Waals surface area contributed by atoms with Crippen molar-refractivity contribution in [3.05, 3.63) is 68.1 Å². The van der Waals surface area contributed by atoms with E-state index in [1.165, 1.54) is 6.07 Å². The van der Waals surface area contributed by atoms with E-state index in [2.05, 4.69) is 9.97 Å². The Balaban J connectivity index is 1.59. The zero-order valence-electron chi connectivity index (χ0n) is 18.9. The van der Waals surface area contributed by atoms with Gasteiger partial charge in [0.1, 0.15) is 22.9 Å². The Labute approximate surface area is 197 Å². The Morgan fingerprint density at radius 1 is 1.27 bits per heavy atom. The molecule has 0 amide bonds. The number of methoxy groups -OCH3 is 1. The molecule has 1 fully saturated rings. The monoisotopic (exact) mass is 472 g/mol. The third-order valence-electron chi connectivity index (χ3n) is 6.77. The van der Waals surface area contributed by atoms with Crippen LogP contribution in [0.2, 0.25) is 5.02 Å². The molecule has 8 heteroatoms. The summed E-state index contributed by atoms with van der Waals surface area (Å²) in [5.74, 6) is 0.621. The van der Waals surface area contributed by atoms with Crippen LogP contribution >= 0.6 is 11.6 Å². The fourth-order valence-electron chi connectivity index (χ4n) is 5.10. The number of aliphatic hydroxyl groups is 1. The van der Waals surface area contributed by atoms with Crippen LogP contribution in [0.4, 0.5) is 0 Å². The standard InChI is InChI=1S/C25H29ClN2O5/c1-15-11-23(30)28-22(27-15)13-18-20(29)14-25(33-24(18)31,17-5-3-4-6-17)10-9-16-7-8-21(32-2)19(26)12-16/h7-8,11-12,17,29H,3-6,9-10,13-14H2,1-2H3,(H,27,28,30). The molecule has 2 heterocycles. The summed E-state index contributed by atoms with van der Waals surface area (Å²) in [7, 11) is 1.58. The van der Waals surface area contributed by atoms with E-state index in [1.807, 2.05) is 18.2 Å². The number of carbonyl (C=O) groups is 1. The molecule has 2 aromatic rings. The summed E-state index contributed by atoms with van der Waals surface area (Å²) >= 11 is 6.29. The predicted molar refractivity (Wildman–Crippen MR) is 125 cm³/mol. The smallest absolute Gasteiger partial charge is 0.338 e. The third kappa shape index (κ3) is 5.08. The molecule has 176 valence electrons. The van der Waals surface area contributed by atoms with Crippen LogP contribution in [-0.4, -0.2) is 33.8 Å². The number of esters is 1. The lowest BCUT2D eigenvalue weighted by Crippen LogP contribution is -2.46. The quantitative estimate of drug-likeness (QED) is 0.571. The third-order valence-corrected chi connectivity index (χ3v) is 7.07. The summed E-state index contributed by atoms with van der Waals surface area (Å²) in [6, 6.07) is 7.04. The number of nitrogens with one attached hydrogen (secondary N) is 1. The average Bonchev–Trinajstić information content (AvgIpc) is 3.30. The lowest BCUT2D eigenvalue weighted by atomic mass is 9.76. The van der Waals surface area contributed by atoms with E-state index in [9.17, 15) is 14.7 Å². The first-order valence-electron chi connectivity index (χ1n) is 11.3. The van der Waals surface area contributed by atoms with E-state index in [0.717, 1.165) is 31.2 Å². The number of carbonyl (C=O) groups excluding carboxylic acids is 1. The number of H-pyrrole nitrogens is 1. The van der Waals surface area contributed by atoms with Crippen molar-refractivity contribution in [3.63, 3.8) is 0 Å². The summed E-state index contributed by atoms with van der Waals surface area (Å²) < 4.78 is 11.4. The molecular formula is C25H29ClN2O5. The van der Waals surface area contributed by atoms with Crippen LogP contribution in [0.25, 0.3) is 0 Å². The fraction of sp³-hybridized carbons (Fsp3) is 0.480. The van der Waals surface area contributed by atoms with Gasteiger partial charge in [0, 0.05) is 24.6 Å². The van der Waals surface area contributed by atoms with E-state index >= 15 is 0 Å². The Kier molecular flexibility index (Phi) is 6.79. The van der Waals surface area contributed by atoms with Crippen molar-refractivity contribution < 1.29 is 19.4 Å². The molecule has 4 rings (SSSR count). The number of cyclic esters (lactones) is 1. The molecule has 33 heavy (non-hydrogen) atoms. The first kappa shape index (κ1) is 23.4. The van der Waals surface area contributed by atoms with Gasteiger partial charge in [0.05, 0.1) is 17.7 Å². The van der Waals surface area contributed by atoms with Gasteiger partial charge in [-0.1, -0.05) is 30.5 Å². The average molecular weight is 473 g/mol. The number of aryl methyl sites for hydroxylation is 2. The lowest BCUT2D eigenvalue weighted by molar-refractivity contribution is -0.167. The van der Waals surface area contributed by atoms with Crippen molar-refractivity contribution in [2.24, 2.45) is 5.92 Å². The van der Waals surface area contributed by atoms with Gasteiger partial charge < -0.3 is 19.6 Å². The molecule has 7 nitrogen and oxygen atoms in total. The van der Waals surface area contributed by atoms with Crippen LogP contribution in [0.5, 0.6) is 5.75 Å². The van der Waals surface area contributed by atoms with Crippen molar-refractivity contribution in [2.75, 3.05) is 7.11 Å². The maximum absolute atomic E-state index is 13.1. The Morgan fingerprint density at radius 2 is 2.03 bits per heavy atom.